The Morgan fingerprint density at radius 1 is 1.24 bits per heavy atom. The summed E-state index contributed by atoms with van der Waals surface area (Å²) in [4.78, 5) is 19.1. The molecule has 0 saturated carbocycles. The van der Waals surface area contributed by atoms with Gasteiger partial charge in [0.2, 0.25) is 0 Å². The van der Waals surface area contributed by atoms with Crippen molar-refractivity contribution in [3.05, 3.63) is 54.0 Å². The van der Waals surface area contributed by atoms with Gasteiger partial charge >= 0.3 is 6.03 Å². The van der Waals surface area contributed by atoms with Crippen LogP contribution in [0.1, 0.15) is 11.1 Å². The fraction of sp³-hybridized carbons (Fsp3) is 0.316. The van der Waals surface area contributed by atoms with E-state index in [2.05, 4.69) is 36.0 Å². The number of tetrazole rings is 1. The van der Waals surface area contributed by atoms with Crippen molar-refractivity contribution < 1.29 is 9.53 Å². The molecular weight excluding hydrogens is 372 g/mol. The predicted molar refractivity (Wildman–Crippen MR) is 107 cm³/mol. The Morgan fingerprint density at radius 2 is 2.10 bits per heavy atom. The van der Waals surface area contributed by atoms with Gasteiger partial charge in [-0.2, -0.15) is 0 Å². The summed E-state index contributed by atoms with van der Waals surface area (Å²) in [6, 6.07) is 9.12. The molecule has 10 nitrogen and oxygen atoms in total. The molecule has 150 valence electrons. The second-order valence-corrected chi connectivity index (χ2v) is 6.65. The lowest BCUT2D eigenvalue weighted by Crippen LogP contribution is -2.38. The highest BCUT2D eigenvalue weighted by Crippen LogP contribution is 2.19. The molecule has 1 aliphatic heterocycles. The molecule has 4 rings (SSSR count). The number of pyridine rings is 1. The van der Waals surface area contributed by atoms with E-state index in [0.29, 0.717) is 25.4 Å². The number of morpholine rings is 1. The van der Waals surface area contributed by atoms with Gasteiger partial charge in [0, 0.05) is 37.1 Å². The molecule has 3 aromatic rings. The van der Waals surface area contributed by atoms with Crippen molar-refractivity contribution >= 4 is 17.5 Å². The molecule has 0 radical (unpaired) electrons. The van der Waals surface area contributed by atoms with Gasteiger partial charge < -0.3 is 20.3 Å². The van der Waals surface area contributed by atoms with Gasteiger partial charge in [-0.1, -0.05) is 6.07 Å². The van der Waals surface area contributed by atoms with Crippen molar-refractivity contribution in [1.29, 1.82) is 0 Å². The topological polar surface area (TPSA) is 110 Å². The van der Waals surface area contributed by atoms with E-state index in [1.165, 1.54) is 6.33 Å². The molecule has 1 fully saturated rings. The van der Waals surface area contributed by atoms with Crippen LogP contribution in [0, 0.1) is 6.92 Å². The summed E-state index contributed by atoms with van der Waals surface area (Å²) in [7, 11) is 0. The van der Waals surface area contributed by atoms with Gasteiger partial charge in [0.05, 0.1) is 18.9 Å². The third-order valence-electron chi connectivity index (χ3n) is 4.67. The molecule has 10 heteroatoms. The molecule has 0 atom stereocenters. The predicted octanol–water partition coefficient (Wildman–Crippen LogP) is 1.52. The molecule has 0 bridgehead atoms. The number of hydrogen-bond acceptors (Lipinski definition) is 7. The number of anilines is 2. The Hall–Kier alpha value is -3.53. The molecule has 29 heavy (non-hydrogen) atoms. The van der Waals surface area contributed by atoms with E-state index in [1.54, 1.807) is 10.9 Å². The fourth-order valence-electron chi connectivity index (χ4n) is 3.24. The Balaban J connectivity index is 1.38. The number of ether oxygens (including phenoxy) is 1. The van der Waals surface area contributed by atoms with Gasteiger partial charge in [-0.05, 0) is 47.2 Å². The number of rotatable bonds is 5. The van der Waals surface area contributed by atoms with Crippen LogP contribution in [0.3, 0.4) is 0 Å². The summed E-state index contributed by atoms with van der Waals surface area (Å²) in [5, 5.41) is 16.9. The number of nitrogens with one attached hydrogen (secondary N) is 2. The number of hydrogen-bond donors (Lipinski definition) is 2. The van der Waals surface area contributed by atoms with E-state index in [-0.39, 0.29) is 6.03 Å². The Bertz CT molecular complexity index is 970. The van der Waals surface area contributed by atoms with Gasteiger partial charge in [-0.15, -0.1) is 5.10 Å². The first kappa shape index (κ1) is 18.8. The highest BCUT2D eigenvalue weighted by atomic mass is 16.5. The van der Waals surface area contributed by atoms with Gasteiger partial charge in [0.15, 0.2) is 0 Å². The zero-order chi connectivity index (χ0) is 20.1. The molecule has 2 aromatic heterocycles. The van der Waals surface area contributed by atoms with Gasteiger partial charge in [0.1, 0.15) is 12.1 Å². The number of aryl methyl sites for hydroxylation is 1. The lowest BCUT2D eigenvalue weighted by atomic mass is 10.2. The molecule has 3 heterocycles. The van der Waals surface area contributed by atoms with Crippen LogP contribution in [0.15, 0.2) is 42.9 Å². The van der Waals surface area contributed by atoms with Crippen LogP contribution in [-0.4, -0.2) is 57.5 Å². The Kier molecular flexibility index (Phi) is 5.61. The minimum absolute atomic E-state index is 0.281. The number of amides is 2. The quantitative estimate of drug-likeness (QED) is 0.675. The lowest BCUT2D eigenvalue weighted by Gasteiger charge is -2.29. The molecule has 0 unspecified atom stereocenters. The molecule has 1 saturated heterocycles. The summed E-state index contributed by atoms with van der Waals surface area (Å²) < 4.78 is 6.98. The van der Waals surface area contributed by atoms with Crippen molar-refractivity contribution in [2.45, 2.75) is 13.5 Å². The maximum Gasteiger partial charge on any atom is 0.319 e. The van der Waals surface area contributed by atoms with Crippen molar-refractivity contribution in [3.63, 3.8) is 0 Å². The Labute approximate surface area is 167 Å². The number of urea groups is 1. The molecule has 0 spiro atoms. The first-order valence-corrected chi connectivity index (χ1v) is 9.36. The highest BCUT2D eigenvalue weighted by molar-refractivity contribution is 5.89. The van der Waals surface area contributed by atoms with Crippen molar-refractivity contribution in [2.24, 2.45) is 0 Å². The zero-order valence-electron chi connectivity index (χ0n) is 16.1. The van der Waals surface area contributed by atoms with E-state index < -0.39 is 0 Å². The third kappa shape index (κ3) is 4.49. The minimum Gasteiger partial charge on any atom is -0.378 e. The van der Waals surface area contributed by atoms with Gasteiger partial charge in [-0.3, -0.25) is 0 Å². The van der Waals surface area contributed by atoms with E-state index in [9.17, 15) is 4.79 Å². The van der Waals surface area contributed by atoms with Crippen LogP contribution in [0.4, 0.5) is 16.3 Å². The van der Waals surface area contributed by atoms with E-state index in [1.807, 2.05) is 37.3 Å². The van der Waals surface area contributed by atoms with E-state index in [4.69, 9.17) is 4.74 Å². The van der Waals surface area contributed by atoms with Gasteiger partial charge in [0.25, 0.3) is 0 Å². The SMILES string of the molecule is Cc1cc(NC(=O)NCc2cccnc2N2CCOCC2)ccc1-n1cnnn1. The number of nitrogens with zero attached hydrogens (tertiary/aromatic N) is 6. The molecular formula is C19H22N8O2. The Morgan fingerprint density at radius 3 is 2.86 bits per heavy atom. The monoisotopic (exact) mass is 394 g/mol. The van der Waals surface area contributed by atoms with Crippen LogP contribution in [0.5, 0.6) is 0 Å². The van der Waals surface area contributed by atoms with Crippen LogP contribution < -0.4 is 15.5 Å². The summed E-state index contributed by atoms with van der Waals surface area (Å²) in [6.45, 7) is 5.28. The maximum atomic E-state index is 12.4. The summed E-state index contributed by atoms with van der Waals surface area (Å²) in [5.41, 5.74) is 3.45. The molecule has 0 aliphatic carbocycles. The number of benzene rings is 1. The van der Waals surface area contributed by atoms with Crippen LogP contribution in [-0.2, 0) is 11.3 Å². The molecule has 1 aromatic carbocycles. The highest BCUT2D eigenvalue weighted by Gasteiger charge is 2.16. The van der Waals surface area contributed by atoms with E-state index in [0.717, 1.165) is 35.7 Å². The van der Waals surface area contributed by atoms with Crippen LogP contribution in [0.2, 0.25) is 0 Å². The molecule has 1 aliphatic rings. The largest absolute Gasteiger partial charge is 0.378 e. The summed E-state index contributed by atoms with van der Waals surface area (Å²) >= 11 is 0. The second kappa shape index (κ2) is 8.65. The van der Waals surface area contributed by atoms with E-state index >= 15 is 0 Å². The normalized spacial score (nSPS) is 13.9. The van der Waals surface area contributed by atoms with Crippen molar-refractivity contribution in [1.82, 2.24) is 30.5 Å². The van der Waals surface area contributed by atoms with Crippen LogP contribution in [0.25, 0.3) is 5.69 Å². The number of carbonyl (C=O) groups is 1. The first-order chi connectivity index (χ1) is 14.2. The second-order valence-electron chi connectivity index (χ2n) is 6.65. The first-order valence-electron chi connectivity index (χ1n) is 9.36. The number of carbonyl (C=O) groups excluding carboxylic acids is 1. The lowest BCUT2D eigenvalue weighted by molar-refractivity contribution is 0.122. The molecule has 2 amide bonds. The fourth-order valence-corrected chi connectivity index (χ4v) is 3.24. The number of aromatic nitrogens is 5. The molecule has 2 N–H and O–H groups in total. The summed E-state index contributed by atoms with van der Waals surface area (Å²) in [6.07, 6.45) is 3.30. The van der Waals surface area contributed by atoms with Crippen molar-refractivity contribution in [2.75, 3.05) is 36.5 Å². The standard InChI is InChI=1S/C19H22N8O2/c1-14-11-16(4-5-17(14)27-13-22-24-25-27)23-19(28)21-12-15-3-2-6-20-18(15)26-7-9-29-10-8-26/h2-6,11,13H,7-10,12H2,1H3,(H2,21,23,28). The van der Waals surface area contributed by atoms with Gasteiger partial charge in [-0.25, -0.2) is 14.5 Å². The summed E-state index contributed by atoms with van der Waals surface area (Å²) in [5.74, 6) is 0.887. The average Bonchev–Trinajstić information content (AvgIpc) is 3.28. The third-order valence-corrected chi connectivity index (χ3v) is 4.67. The smallest absolute Gasteiger partial charge is 0.319 e. The zero-order valence-corrected chi connectivity index (χ0v) is 16.1. The van der Waals surface area contributed by atoms with Crippen LogP contribution >= 0.6 is 0 Å². The van der Waals surface area contributed by atoms with Crippen molar-refractivity contribution in [3.8, 4) is 5.69 Å². The maximum absolute atomic E-state index is 12.4. The minimum atomic E-state index is -0.281. The average molecular weight is 394 g/mol.